The van der Waals surface area contributed by atoms with Crippen LogP contribution in [0.4, 0.5) is 0 Å². The van der Waals surface area contributed by atoms with Crippen LogP contribution in [0.1, 0.15) is 25.5 Å². The first-order valence-corrected chi connectivity index (χ1v) is 6.71. The van der Waals surface area contributed by atoms with Crippen molar-refractivity contribution in [2.75, 3.05) is 0 Å². The first kappa shape index (κ1) is 11.3. The number of aryl methyl sites for hydroxylation is 2. The van der Waals surface area contributed by atoms with Crippen LogP contribution < -0.4 is 4.57 Å². The highest BCUT2D eigenvalue weighted by Gasteiger charge is 2.17. The molecule has 0 aliphatic heterocycles. The molecule has 1 aromatic carbocycles. The highest BCUT2D eigenvalue weighted by molar-refractivity contribution is 5.76. The Morgan fingerprint density at radius 3 is 2.67 bits per heavy atom. The summed E-state index contributed by atoms with van der Waals surface area (Å²) in [5.41, 5.74) is 5.28. The molecule has 0 N–H and O–H groups in total. The van der Waals surface area contributed by atoms with Gasteiger partial charge in [-0.1, -0.05) is 25.5 Å². The summed E-state index contributed by atoms with van der Waals surface area (Å²) in [6.45, 7) is 5.57. The summed E-state index contributed by atoms with van der Waals surface area (Å²) in [6, 6.07) is 13.0. The lowest BCUT2D eigenvalue weighted by molar-refractivity contribution is -0.676. The van der Waals surface area contributed by atoms with Crippen LogP contribution in [0.15, 0.2) is 42.6 Å². The van der Waals surface area contributed by atoms with Gasteiger partial charge in [0.2, 0.25) is 11.2 Å². The molecule has 2 aromatic heterocycles. The molecule has 0 bridgehead atoms. The molecule has 0 amide bonds. The topological polar surface area (TPSA) is 8.29 Å². The fraction of sp³-hybridized carbons (Fsp3) is 0.312. The molecule has 92 valence electrons. The van der Waals surface area contributed by atoms with E-state index in [1.54, 1.807) is 0 Å². The smallest absolute Gasteiger partial charge is 0.229 e. The number of fused-ring (bicyclic) bond motifs is 3. The molecule has 0 radical (unpaired) electrons. The second kappa shape index (κ2) is 4.45. The number of unbranched alkanes of at least 4 members (excludes halogenated alkanes) is 1. The van der Waals surface area contributed by atoms with Crippen molar-refractivity contribution in [1.82, 2.24) is 4.40 Å². The summed E-state index contributed by atoms with van der Waals surface area (Å²) < 4.78 is 4.74. The van der Waals surface area contributed by atoms with Crippen molar-refractivity contribution in [2.24, 2.45) is 0 Å². The number of benzene rings is 1. The first-order chi connectivity index (χ1) is 8.83. The van der Waals surface area contributed by atoms with E-state index in [-0.39, 0.29) is 0 Å². The normalized spacial score (nSPS) is 11.4. The molecule has 3 aromatic rings. The third-order valence-corrected chi connectivity index (χ3v) is 3.69. The highest BCUT2D eigenvalue weighted by Crippen LogP contribution is 2.17. The number of aromatic nitrogens is 2. The van der Waals surface area contributed by atoms with E-state index in [0.29, 0.717) is 0 Å². The fourth-order valence-electron chi connectivity index (χ4n) is 2.71. The largest absolute Gasteiger partial charge is 0.306 e. The molecule has 2 heterocycles. The van der Waals surface area contributed by atoms with Crippen molar-refractivity contribution in [2.45, 2.75) is 33.2 Å². The molecule has 0 aliphatic carbocycles. The van der Waals surface area contributed by atoms with Gasteiger partial charge in [0, 0.05) is 25.6 Å². The molecular weight excluding hydrogens is 220 g/mol. The zero-order valence-electron chi connectivity index (χ0n) is 11.1. The Bertz CT molecular complexity index is 695. The van der Waals surface area contributed by atoms with E-state index < -0.39 is 0 Å². The molecule has 0 saturated heterocycles. The van der Waals surface area contributed by atoms with E-state index in [9.17, 15) is 0 Å². The number of rotatable bonds is 3. The zero-order chi connectivity index (χ0) is 12.5. The van der Waals surface area contributed by atoms with Crippen molar-refractivity contribution in [3.05, 3.63) is 48.3 Å². The van der Waals surface area contributed by atoms with Gasteiger partial charge in [0.1, 0.15) is 17.6 Å². The van der Waals surface area contributed by atoms with Crippen LogP contribution in [0.25, 0.3) is 16.6 Å². The van der Waals surface area contributed by atoms with E-state index in [1.165, 1.54) is 35.1 Å². The molecule has 0 atom stereocenters. The maximum absolute atomic E-state index is 2.45. The SMILES string of the molecule is CCCC[n+]1c(C)c2cccn2c2ccccc21. The van der Waals surface area contributed by atoms with Crippen LogP contribution in [0.2, 0.25) is 0 Å². The maximum atomic E-state index is 2.45. The molecule has 0 spiro atoms. The minimum atomic E-state index is 1.10. The molecular formula is C16H19N2+. The van der Waals surface area contributed by atoms with Crippen molar-refractivity contribution in [1.29, 1.82) is 0 Å². The van der Waals surface area contributed by atoms with Gasteiger partial charge >= 0.3 is 0 Å². The molecule has 0 saturated carbocycles. The van der Waals surface area contributed by atoms with Gasteiger partial charge in [-0.2, -0.15) is 4.57 Å². The van der Waals surface area contributed by atoms with Crippen LogP contribution in [0.5, 0.6) is 0 Å². The minimum Gasteiger partial charge on any atom is -0.306 e. The van der Waals surface area contributed by atoms with Gasteiger partial charge in [-0.25, -0.2) is 0 Å². The number of hydrogen-bond acceptors (Lipinski definition) is 0. The lowest BCUT2D eigenvalue weighted by Crippen LogP contribution is -2.38. The minimum absolute atomic E-state index is 1.10. The van der Waals surface area contributed by atoms with E-state index in [4.69, 9.17) is 0 Å². The Labute approximate surface area is 107 Å². The predicted octanol–water partition coefficient (Wildman–Crippen LogP) is 3.49. The molecule has 0 unspecified atom stereocenters. The van der Waals surface area contributed by atoms with Gasteiger partial charge in [-0.05, 0) is 18.2 Å². The Kier molecular flexibility index (Phi) is 2.78. The van der Waals surface area contributed by atoms with Crippen LogP contribution in [0.3, 0.4) is 0 Å². The number of nitrogens with zero attached hydrogens (tertiary/aromatic N) is 2. The van der Waals surface area contributed by atoms with E-state index in [0.717, 1.165) is 6.54 Å². The van der Waals surface area contributed by atoms with Crippen molar-refractivity contribution < 1.29 is 4.57 Å². The van der Waals surface area contributed by atoms with E-state index in [2.05, 4.69) is 65.4 Å². The third kappa shape index (κ3) is 1.60. The highest BCUT2D eigenvalue weighted by atomic mass is 15.0. The fourth-order valence-corrected chi connectivity index (χ4v) is 2.71. The maximum Gasteiger partial charge on any atom is 0.229 e. The summed E-state index contributed by atoms with van der Waals surface area (Å²) in [6.07, 6.45) is 4.61. The molecule has 0 fully saturated rings. The van der Waals surface area contributed by atoms with Gasteiger partial charge in [0.25, 0.3) is 0 Å². The molecule has 18 heavy (non-hydrogen) atoms. The van der Waals surface area contributed by atoms with Gasteiger partial charge in [0.05, 0.1) is 0 Å². The lowest BCUT2D eigenvalue weighted by Gasteiger charge is -2.08. The van der Waals surface area contributed by atoms with Gasteiger partial charge in [0.15, 0.2) is 0 Å². The quantitative estimate of drug-likeness (QED) is 0.618. The standard InChI is InChI=1S/C16H19N2/c1-3-4-11-17-13(2)14-10-7-12-18(14)16-9-6-5-8-15(16)17/h5-10,12H,3-4,11H2,1-2H3/q+1. The van der Waals surface area contributed by atoms with Crippen molar-refractivity contribution in [3.63, 3.8) is 0 Å². The van der Waals surface area contributed by atoms with Crippen molar-refractivity contribution in [3.8, 4) is 0 Å². The molecule has 2 heteroatoms. The Balaban J connectivity index is 2.38. The van der Waals surface area contributed by atoms with Gasteiger partial charge in [-0.3, -0.25) is 0 Å². The number of hydrogen-bond donors (Lipinski definition) is 0. The van der Waals surface area contributed by atoms with E-state index in [1.807, 2.05) is 0 Å². The number of para-hydroxylation sites is 2. The summed E-state index contributed by atoms with van der Waals surface area (Å²) in [5, 5.41) is 0. The summed E-state index contributed by atoms with van der Waals surface area (Å²) in [7, 11) is 0. The average Bonchev–Trinajstić information content (AvgIpc) is 2.88. The Hall–Kier alpha value is -1.83. The predicted molar refractivity (Wildman–Crippen MR) is 74.7 cm³/mol. The van der Waals surface area contributed by atoms with Gasteiger partial charge in [-0.15, -0.1) is 0 Å². The second-order valence-corrected chi connectivity index (χ2v) is 4.84. The second-order valence-electron chi connectivity index (χ2n) is 4.84. The summed E-state index contributed by atoms with van der Waals surface area (Å²) >= 11 is 0. The van der Waals surface area contributed by atoms with Crippen LogP contribution in [0, 0.1) is 6.92 Å². The van der Waals surface area contributed by atoms with Crippen molar-refractivity contribution >= 4 is 16.6 Å². The summed E-state index contributed by atoms with van der Waals surface area (Å²) in [5.74, 6) is 0. The average molecular weight is 239 g/mol. The zero-order valence-corrected chi connectivity index (χ0v) is 11.1. The summed E-state index contributed by atoms with van der Waals surface area (Å²) in [4.78, 5) is 0. The van der Waals surface area contributed by atoms with Crippen LogP contribution >= 0.6 is 0 Å². The monoisotopic (exact) mass is 239 g/mol. The third-order valence-electron chi connectivity index (χ3n) is 3.69. The molecule has 0 aliphatic rings. The van der Waals surface area contributed by atoms with Crippen LogP contribution in [-0.4, -0.2) is 4.40 Å². The first-order valence-electron chi connectivity index (χ1n) is 6.71. The van der Waals surface area contributed by atoms with Gasteiger partial charge < -0.3 is 4.40 Å². The van der Waals surface area contributed by atoms with E-state index >= 15 is 0 Å². The lowest BCUT2D eigenvalue weighted by atomic mass is 10.2. The molecule has 3 rings (SSSR count). The van der Waals surface area contributed by atoms with Crippen LogP contribution in [-0.2, 0) is 6.54 Å². The Morgan fingerprint density at radius 2 is 1.83 bits per heavy atom. The Morgan fingerprint density at radius 1 is 1.06 bits per heavy atom. The molecule has 2 nitrogen and oxygen atoms in total.